The van der Waals surface area contributed by atoms with Crippen molar-refractivity contribution in [1.82, 2.24) is 15.1 Å². The lowest BCUT2D eigenvalue weighted by Gasteiger charge is -2.14. The number of methoxy groups -OCH3 is 2. The summed E-state index contributed by atoms with van der Waals surface area (Å²) in [6, 6.07) is 20.1. The van der Waals surface area contributed by atoms with Gasteiger partial charge in [0.25, 0.3) is 0 Å². The second-order valence-electron chi connectivity index (χ2n) is 7.71. The van der Waals surface area contributed by atoms with Crippen LogP contribution in [0, 0.1) is 5.82 Å². The second-order valence-corrected chi connectivity index (χ2v) is 7.71. The van der Waals surface area contributed by atoms with Crippen LogP contribution in [0.25, 0.3) is 10.9 Å². The predicted octanol–water partition coefficient (Wildman–Crippen LogP) is 5.85. The van der Waals surface area contributed by atoms with Gasteiger partial charge in [-0.15, -0.1) is 0 Å². The lowest BCUT2D eigenvalue weighted by atomic mass is 10.1. The van der Waals surface area contributed by atoms with Crippen molar-refractivity contribution in [2.75, 3.05) is 24.9 Å². The van der Waals surface area contributed by atoms with E-state index in [9.17, 15) is 4.39 Å². The third-order valence-electron chi connectivity index (χ3n) is 5.41. The Hall–Kier alpha value is -4.66. The molecule has 0 fully saturated rings. The maximum Gasteiger partial charge on any atom is 0.325 e. The van der Waals surface area contributed by atoms with Gasteiger partial charge in [0.05, 0.1) is 25.4 Å². The molecule has 5 aromatic rings. The first-order chi connectivity index (χ1) is 17.1. The highest BCUT2D eigenvalue weighted by molar-refractivity contribution is 5.95. The van der Waals surface area contributed by atoms with Gasteiger partial charge in [-0.25, -0.2) is 4.39 Å². The summed E-state index contributed by atoms with van der Waals surface area (Å²) in [6.07, 6.45) is 2.19. The zero-order valence-electron chi connectivity index (χ0n) is 19.1. The summed E-state index contributed by atoms with van der Waals surface area (Å²) >= 11 is 0. The molecule has 0 aliphatic carbocycles. The van der Waals surface area contributed by atoms with Crippen LogP contribution in [-0.4, -0.2) is 29.3 Å². The largest absolute Gasteiger partial charge is 0.493 e. The zero-order valence-corrected chi connectivity index (χ0v) is 19.1. The summed E-state index contributed by atoms with van der Waals surface area (Å²) < 4.78 is 31.0. The number of hydrogen-bond donors (Lipinski definition) is 2. The van der Waals surface area contributed by atoms with E-state index >= 15 is 0 Å². The number of nitrogens with zero attached hydrogens (tertiary/aromatic N) is 3. The predicted molar refractivity (Wildman–Crippen MR) is 131 cm³/mol. The molecule has 0 amide bonds. The molecule has 5 rings (SSSR count). The van der Waals surface area contributed by atoms with Gasteiger partial charge in [-0.1, -0.05) is 35.5 Å². The number of halogens is 1. The van der Waals surface area contributed by atoms with Crippen molar-refractivity contribution in [3.05, 3.63) is 90.1 Å². The molecule has 0 saturated carbocycles. The van der Waals surface area contributed by atoms with Gasteiger partial charge >= 0.3 is 6.01 Å². The van der Waals surface area contributed by atoms with E-state index in [-0.39, 0.29) is 6.01 Å². The first-order valence-corrected chi connectivity index (χ1v) is 10.8. The summed E-state index contributed by atoms with van der Waals surface area (Å²) in [5, 5.41) is 10.8. The molecule has 0 aliphatic heterocycles. The van der Waals surface area contributed by atoms with Gasteiger partial charge in [-0.05, 0) is 35.9 Å². The molecule has 0 atom stereocenters. The fraction of sp³-hybridized carbons (Fsp3) is 0.115. The highest BCUT2D eigenvalue weighted by Crippen LogP contribution is 2.36. The van der Waals surface area contributed by atoms with Crippen molar-refractivity contribution < 1.29 is 18.4 Å². The van der Waals surface area contributed by atoms with Crippen LogP contribution in [-0.2, 0) is 6.42 Å². The van der Waals surface area contributed by atoms with Crippen molar-refractivity contribution >= 4 is 34.0 Å². The first kappa shape index (κ1) is 22.1. The minimum Gasteiger partial charge on any atom is -0.493 e. The number of pyridine rings is 1. The number of ether oxygens (including phenoxy) is 2. The van der Waals surface area contributed by atoms with E-state index in [1.807, 2.05) is 30.3 Å². The molecular formula is C26H22FN5O3. The normalized spacial score (nSPS) is 10.8. The first-order valence-electron chi connectivity index (χ1n) is 10.8. The Morgan fingerprint density at radius 2 is 1.69 bits per heavy atom. The van der Waals surface area contributed by atoms with Gasteiger partial charge in [0, 0.05) is 35.4 Å². The molecule has 0 aliphatic rings. The van der Waals surface area contributed by atoms with Crippen molar-refractivity contribution in [3.63, 3.8) is 0 Å². The fourth-order valence-electron chi connectivity index (χ4n) is 3.70. The molecule has 2 N–H and O–H groups in total. The molecule has 176 valence electrons. The third-order valence-corrected chi connectivity index (χ3v) is 5.41. The summed E-state index contributed by atoms with van der Waals surface area (Å²) in [5.74, 6) is 1.21. The summed E-state index contributed by atoms with van der Waals surface area (Å²) in [5.41, 5.74) is 3.22. The Kier molecular flexibility index (Phi) is 6.13. The van der Waals surface area contributed by atoms with Crippen molar-refractivity contribution in [2.24, 2.45) is 0 Å². The van der Waals surface area contributed by atoms with Crippen molar-refractivity contribution in [1.29, 1.82) is 0 Å². The Morgan fingerprint density at radius 1 is 0.886 bits per heavy atom. The van der Waals surface area contributed by atoms with E-state index in [1.54, 1.807) is 50.7 Å². The smallest absolute Gasteiger partial charge is 0.325 e. The molecule has 0 saturated heterocycles. The number of nitrogens with one attached hydrogen (secondary N) is 2. The van der Waals surface area contributed by atoms with Crippen LogP contribution in [0.5, 0.6) is 11.5 Å². The van der Waals surface area contributed by atoms with Crippen LogP contribution in [0.2, 0.25) is 0 Å². The molecule has 0 unspecified atom stereocenters. The number of rotatable bonds is 8. The minimum absolute atomic E-state index is 0.192. The zero-order chi connectivity index (χ0) is 24.2. The number of anilines is 4. The molecule has 3 aromatic carbocycles. The topological polar surface area (TPSA) is 94.3 Å². The molecule has 0 bridgehead atoms. The number of benzene rings is 3. The average Bonchev–Trinajstić information content (AvgIpc) is 3.32. The second kappa shape index (κ2) is 9.68. The molecule has 2 heterocycles. The van der Waals surface area contributed by atoms with E-state index in [1.165, 1.54) is 6.07 Å². The van der Waals surface area contributed by atoms with Crippen LogP contribution >= 0.6 is 0 Å². The number of hydrogen-bond acceptors (Lipinski definition) is 8. The van der Waals surface area contributed by atoms with Gasteiger partial charge in [-0.2, -0.15) is 4.98 Å². The standard InChI is InChI=1S/C26H22FN5O3/c1-33-23-14-18-20(10-11-28-22(18)15-24(23)34-2)30-21-9-8-17(13-19(21)27)29-26-31-25(32-35-26)12-16-6-4-3-5-7-16/h3-11,13-15H,12H2,1-2H3,(H,28,30)(H,29,31,32). The van der Waals surface area contributed by atoms with E-state index in [0.717, 1.165) is 10.9 Å². The molecule has 8 nitrogen and oxygen atoms in total. The van der Waals surface area contributed by atoms with E-state index < -0.39 is 5.82 Å². The summed E-state index contributed by atoms with van der Waals surface area (Å²) in [4.78, 5) is 8.71. The van der Waals surface area contributed by atoms with Crippen LogP contribution in [0.3, 0.4) is 0 Å². The Balaban J connectivity index is 1.33. The quantitative estimate of drug-likeness (QED) is 0.291. The average molecular weight is 471 g/mol. The van der Waals surface area contributed by atoms with E-state index in [2.05, 4.69) is 25.8 Å². The maximum absolute atomic E-state index is 15.0. The highest BCUT2D eigenvalue weighted by atomic mass is 19.1. The van der Waals surface area contributed by atoms with Crippen molar-refractivity contribution in [2.45, 2.75) is 6.42 Å². The van der Waals surface area contributed by atoms with Gasteiger partial charge in [0.1, 0.15) is 5.82 Å². The van der Waals surface area contributed by atoms with Crippen LogP contribution < -0.4 is 20.1 Å². The van der Waals surface area contributed by atoms with E-state index in [0.29, 0.717) is 46.3 Å². The van der Waals surface area contributed by atoms with Gasteiger partial charge < -0.3 is 24.6 Å². The Bertz CT molecular complexity index is 1470. The third kappa shape index (κ3) is 4.84. The molecule has 35 heavy (non-hydrogen) atoms. The molecule has 0 spiro atoms. The molecular weight excluding hydrogens is 449 g/mol. The number of fused-ring (bicyclic) bond motifs is 1. The van der Waals surface area contributed by atoms with Crippen LogP contribution in [0.1, 0.15) is 11.4 Å². The fourth-order valence-corrected chi connectivity index (χ4v) is 3.70. The highest BCUT2D eigenvalue weighted by Gasteiger charge is 2.13. The summed E-state index contributed by atoms with van der Waals surface area (Å²) in [6.45, 7) is 0. The molecule has 2 aromatic heterocycles. The van der Waals surface area contributed by atoms with Crippen LogP contribution in [0.15, 0.2) is 77.4 Å². The lowest BCUT2D eigenvalue weighted by Crippen LogP contribution is -1.98. The minimum atomic E-state index is -0.454. The van der Waals surface area contributed by atoms with E-state index in [4.69, 9.17) is 14.0 Å². The number of aromatic nitrogens is 3. The van der Waals surface area contributed by atoms with Crippen LogP contribution in [0.4, 0.5) is 27.5 Å². The van der Waals surface area contributed by atoms with Gasteiger partial charge in [0.2, 0.25) is 0 Å². The summed E-state index contributed by atoms with van der Waals surface area (Å²) in [7, 11) is 3.13. The molecule has 9 heteroatoms. The maximum atomic E-state index is 15.0. The van der Waals surface area contributed by atoms with Gasteiger partial charge in [0.15, 0.2) is 17.3 Å². The monoisotopic (exact) mass is 471 g/mol. The SMILES string of the molecule is COc1cc2nccc(Nc3ccc(Nc4nc(Cc5ccccc5)no4)cc3F)c2cc1OC. The Morgan fingerprint density at radius 3 is 2.46 bits per heavy atom. The Labute approximate surface area is 200 Å². The molecule has 0 radical (unpaired) electrons. The lowest BCUT2D eigenvalue weighted by molar-refractivity contribution is 0.356. The van der Waals surface area contributed by atoms with Crippen molar-refractivity contribution in [3.8, 4) is 11.5 Å². The van der Waals surface area contributed by atoms with Gasteiger partial charge in [-0.3, -0.25) is 4.98 Å².